The number of hydrogen-bond donors (Lipinski definition) is 1. The molecule has 1 aliphatic carbocycles. The van der Waals surface area contributed by atoms with Crippen LogP contribution in [0.1, 0.15) is 26.2 Å². The van der Waals surface area contributed by atoms with Crippen LogP contribution in [0.25, 0.3) is 0 Å². The predicted octanol–water partition coefficient (Wildman–Crippen LogP) is 1.68. The SMILES string of the molecule is C=C(C)N[C@@H]1CC[C@H](OC)C1. The highest BCUT2D eigenvalue weighted by Crippen LogP contribution is 2.21. The third kappa shape index (κ3) is 2.54. The minimum Gasteiger partial charge on any atom is -0.386 e. The second kappa shape index (κ2) is 3.77. The number of nitrogens with one attached hydrogen (secondary N) is 1. The molecule has 1 saturated carbocycles. The van der Waals surface area contributed by atoms with Crippen molar-refractivity contribution in [3.8, 4) is 0 Å². The van der Waals surface area contributed by atoms with E-state index in [4.69, 9.17) is 4.74 Å². The highest BCUT2D eigenvalue weighted by atomic mass is 16.5. The molecular weight excluding hydrogens is 138 g/mol. The van der Waals surface area contributed by atoms with Gasteiger partial charge in [0.05, 0.1) is 6.10 Å². The fourth-order valence-corrected chi connectivity index (χ4v) is 1.63. The van der Waals surface area contributed by atoms with Gasteiger partial charge >= 0.3 is 0 Å². The van der Waals surface area contributed by atoms with Gasteiger partial charge in [0.2, 0.25) is 0 Å². The second-order valence-corrected chi connectivity index (χ2v) is 3.29. The minimum atomic E-state index is 0.465. The largest absolute Gasteiger partial charge is 0.386 e. The first kappa shape index (κ1) is 8.60. The van der Waals surface area contributed by atoms with Crippen molar-refractivity contribution < 1.29 is 4.74 Å². The molecule has 1 rings (SSSR count). The Labute approximate surface area is 68.6 Å². The maximum atomic E-state index is 5.25. The molecule has 0 aliphatic heterocycles. The van der Waals surface area contributed by atoms with Crippen LogP contribution in [0.5, 0.6) is 0 Å². The van der Waals surface area contributed by atoms with E-state index in [1.807, 2.05) is 6.92 Å². The molecule has 2 atom stereocenters. The summed E-state index contributed by atoms with van der Waals surface area (Å²) in [7, 11) is 1.79. The lowest BCUT2D eigenvalue weighted by atomic mass is 10.2. The summed E-state index contributed by atoms with van der Waals surface area (Å²) in [6, 6.07) is 0.595. The second-order valence-electron chi connectivity index (χ2n) is 3.29. The summed E-state index contributed by atoms with van der Waals surface area (Å²) in [6.07, 6.45) is 3.99. The van der Waals surface area contributed by atoms with Crippen LogP contribution in [0, 0.1) is 0 Å². The molecule has 2 heteroatoms. The molecule has 0 radical (unpaired) electrons. The molecule has 0 heterocycles. The van der Waals surface area contributed by atoms with Gasteiger partial charge in [0.1, 0.15) is 0 Å². The van der Waals surface area contributed by atoms with Gasteiger partial charge in [-0.25, -0.2) is 0 Å². The van der Waals surface area contributed by atoms with Crippen LogP contribution in [-0.2, 0) is 4.74 Å². The Morgan fingerprint density at radius 2 is 2.27 bits per heavy atom. The van der Waals surface area contributed by atoms with Crippen molar-refractivity contribution in [1.82, 2.24) is 5.32 Å². The van der Waals surface area contributed by atoms with E-state index >= 15 is 0 Å². The molecule has 0 aromatic carbocycles. The van der Waals surface area contributed by atoms with E-state index in [0.717, 1.165) is 12.1 Å². The average Bonchev–Trinajstić information content (AvgIpc) is 2.34. The molecule has 1 N–H and O–H groups in total. The number of ether oxygens (including phenoxy) is 1. The van der Waals surface area contributed by atoms with E-state index in [1.165, 1.54) is 12.8 Å². The van der Waals surface area contributed by atoms with Crippen molar-refractivity contribution in [2.45, 2.75) is 38.3 Å². The molecule has 0 bridgehead atoms. The topological polar surface area (TPSA) is 21.3 Å². The monoisotopic (exact) mass is 155 g/mol. The Bertz CT molecular complexity index is 144. The lowest BCUT2D eigenvalue weighted by Crippen LogP contribution is -2.24. The highest BCUT2D eigenvalue weighted by Gasteiger charge is 2.23. The van der Waals surface area contributed by atoms with Crippen molar-refractivity contribution >= 4 is 0 Å². The van der Waals surface area contributed by atoms with Gasteiger partial charge in [-0.05, 0) is 26.2 Å². The number of rotatable bonds is 3. The average molecular weight is 155 g/mol. The minimum absolute atomic E-state index is 0.465. The lowest BCUT2D eigenvalue weighted by molar-refractivity contribution is 0.107. The van der Waals surface area contributed by atoms with Crippen molar-refractivity contribution in [2.24, 2.45) is 0 Å². The van der Waals surface area contributed by atoms with Crippen molar-refractivity contribution in [3.05, 3.63) is 12.3 Å². The summed E-state index contributed by atoms with van der Waals surface area (Å²) in [5.74, 6) is 0. The molecule has 0 saturated heterocycles. The van der Waals surface area contributed by atoms with Crippen LogP contribution >= 0.6 is 0 Å². The Hall–Kier alpha value is -0.500. The fourth-order valence-electron chi connectivity index (χ4n) is 1.63. The standard InChI is InChI=1S/C9H17NO/c1-7(2)10-8-4-5-9(6-8)11-3/h8-10H,1,4-6H2,2-3H3/t8-,9+/m1/s1. The first-order valence-corrected chi connectivity index (χ1v) is 4.17. The first-order valence-electron chi connectivity index (χ1n) is 4.17. The maximum absolute atomic E-state index is 5.25. The van der Waals surface area contributed by atoms with Gasteiger partial charge in [-0.1, -0.05) is 6.58 Å². The molecule has 0 spiro atoms. The first-order chi connectivity index (χ1) is 5.22. The number of methoxy groups -OCH3 is 1. The van der Waals surface area contributed by atoms with Gasteiger partial charge in [-0.15, -0.1) is 0 Å². The van der Waals surface area contributed by atoms with E-state index in [2.05, 4.69) is 11.9 Å². The molecule has 0 aromatic heterocycles. The Kier molecular flexibility index (Phi) is 2.94. The van der Waals surface area contributed by atoms with Gasteiger partial charge < -0.3 is 10.1 Å². The van der Waals surface area contributed by atoms with Crippen molar-refractivity contribution in [3.63, 3.8) is 0 Å². The molecular formula is C9H17NO. The number of hydrogen-bond acceptors (Lipinski definition) is 2. The Balaban J connectivity index is 2.24. The van der Waals surface area contributed by atoms with Gasteiger partial charge in [-0.2, -0.15) is 0 Å². The molecule has 0 amide bonds. The van der Waals surface area contributed by atoms with E-state index in [0.29, 0.717) is 12.1 Å². The van der Waals surface area contributed by atoms with Crippen LogP contribution in [0.15, 0.2) is 12.3 Å². The Morgan fingerprint density at radius 3 is 2.73 bits per heavy atom. The van der Waals surface area contributed by atoms with Gasteiger partial charge in [-0.3, -0.25) is 0 Å². The molecule has 1 aliphatic rings. The van der Waals surface area contributed by atoms with Crippen molar-refractivity contribution in [1.29, 1.82) is 0 Å². The molecule has 64 valence electrons. The maximum Gasteiger partial charge on any atom is 0.0591 e. The van der Waals surface area contributed by atoms with E-state index in [-0.39, 0.29) is 0 Å². The highest BCUT2D eigenvalue weighted by molar-refractivity contribution is 4.92. The molecule has 0 aromatic rings. The van der Waals surface area contributed by atoms with E-state index < -0.39 is 0 Å². The van der Waals surface area contributed by atoms with Crippen LogP contribution in [0.3, 0.4) is 0 Å². The summed E-state index contributed by atoms with van der Waals surface area (Å²) < 4.78 is 5.25. The summed E-state index contributed by atoms with van der Waals surface area (Å²) >= 11 is 0. The van der Waals surface area contributed by atoms with E-state index in [1.54, 1.807) is 7.11 Å². The molecule has 1 fully saturated rings. The van der Waals surface area contributed by atoms with Gasteiger partial charge in [0.25, 0.3) is 0 Å². The smallest absolute Gasteiger partial charge is 0.0591 e. The molecule has 11 heavy (non-hydrogen) atoms. The van der Waals surface area contributed by atoms with Gasteiger partial charge in [0, 0.05) is 18.8 Å². The third-order valence-electron chi connectivity index (χ3n) is 2.17. The summed E-state index contributed by atoms with van der Waals surface area (Å²) in [6.45, 7) is 5.82. The summed E-state index contributed by atoms with van der Waals surface area (Å²) in [5.41, 5.74) is 1.06. The lowest BCUT2D eigenvalue weighted by Gasteiger charge is -2.13. The molecule has 2 nitrogen and oxygen atoms in total. The zero-order valence-electron chi connectivity index (χ0n) is 7.39. The van der Waals surface area contributed by atoms with Crippen LogP contribution in [0.2, 0.25) is 0 Å². The summed E-state index contributed by atoms with van der Waals surface area (Å²) in [5, 5.41) is 3.33. The van der Waals surface area contributed by atoms with E-state index in [9.17, 15) is 0 Å². The zero-order valence-corrected chi connectivity index (χ0v) is 7.39. The molecule has 0 unspecified atom stereocenters. The zero-order chi connectivity index (χ0) is 8.27. The third-order valence-corrected chi connectivity index (χ3v) is 2.17. The van der Waals surface area contributed by atoms with Crippen LogP contribution < -0.4 is 5.32 Å². The fraction of sp³-hybridized carbons (Fsp3) is 0.778. The quantitative estimate of drug-likeness (QED) is 0.669. The van der Waals surface area contributed by atoms with Crippen LogP contribution in [-0.4, -0.2) is 19.3 Å². The van der Waals surface area contributed by atoms with Gasteiger partial charge in [0.15, 0.2) is 0 Å². The van der Waals surface area contributed by atoms with Crippen molar-refractivity contribution in [2.75, 3.05) is 7.11 Å². The van der Waals surface area contributed by atoms with Crippen LogP contribution in [0.4, 0.5) is 0 Å². The Morgan fingerprint density at radius 1 is 1.55 bits per heavy atom. The number of allylic oxidation sites excluding steroid dienone is 1. The summed E-state index contributed by atoms with van der Waals surface area (Å²) in [4.78, 5) is 0. The predicted molar refractivity (Wildman–Crippen MR) is 46.4 cm³/mol. The normalized spacial score (nSPS) is 30.4.